The number of unbranched alkanes of at least 4 members (excludes halogenated alkanes) is 1. The Kier molecular flexibility index (Phi) is 6.75. The lowest BCUT2D eigenvalue weighted by Gasteiger charge is -2.16. The van der Waals surface area contributed by atoms with Crippen LogP contribution < -0.4 is 5.32 Å². The average molecular weight is 215 g/mol. The molecule has 88 valence electrons. The summed E-state index contributed by atoms with van der Waals surface area (Å²) in [5, 5.41) is 11.4. The number of nitrogens with one attached hydrogen (secondary N) is 1. The first-order valence-electron chi connectivity index (χ1n) is 5.49. The number of hydrogen-bond donors (Lipinski definition) is 2. The number of aliphatic carboxylic acids is 1. The van der Waals surface area contributed by atoms with E-state index in [2.05, 4.69) is 5.32 Å². The van der Waals surface area contributed by atoms with Gasteiger partial charge in [-0.05, 0) is 18.8 Å². The van der Waals surface area contributed by atoms with Crippen LogP contribution in [0.3, 0.4) is 0 Å². The summed E-state index contributed by atoms with van der Waals surface area (Å²) in [4.78, 5) is 22.2. The molecule has 0 bridgehead atoms. The molecule has 0 radical (unpaired) electrons. The molecule has 0 aliphatic carbocycles. The number of rotatable bonds is 7. The highest BCUT2D eigenvalue weighted by Crippen LogP contribution is 2.05. The molecule has 1 atom stereocenters. The van der Waals surface area contributed by atoms with E-state index in [1.165, 1.54) is 0 Å². The van der Waals surface area contributed by atoms with Crippen LogP contribution in [0.25, 0.3) is 0 Å². The van der Waals surface area contributed by atoms with E-state index >= 15 is 0 Å². The zero-order valence-electron chi connectivity index (χ0n) is 9.75. The third kappa shape index (κ3) is 6.94. The van der Waals surface area contributed by atoms with Crippen molar-refractivity contribution in [3.05, 3.63) is 0 Å². The second kappa shape index (κ2) is 7.26. The third-order valence-corrected chi connectivity index (χ3v) is 2.10. The van der Waals surface area contributed by atoms with Gasteiger partial charge >= 0.3 is 5.97 Å². The van der Waals surface area contributed by atoms with Crippen molar-refractivity contribution < 1.29 is 14.7 Å². The van der Waals surface area contributed by atoms with Crippen LogP contribution in [0.2, 0.25) is 0 Å². The molecule has 0 aliphatic rings. The Morgan fingerprint density at radius 1 is 1.33 bits per heavy atom. The Morgan fingerprint density at radius 2 is 1.93 bits per heavy atom. The molecule has 0 aromatic carbocycles. The van der Waals surface area contributed by atoms with E-state index in [1.807, 2.05) is 20.8 Å². The van der Waals surface area contributed by atoms with Gasteiger partial charge in [0.2, 0.25) is 5.91 Å². The molecule has 1 amide bonds. The van der Waals surface area contributed by atoms with Crippen LogP contribution in [0.15, 0.2) is 0 Å². The molecule has 0 saturated carbocycles. The summed E-state index contributed by atoms with van der Waals surface area (Å²) in [7, 11) is 0. The quantitative estimate of drug-likeness (QED) is 0.680. The molecule has 0 fully saturated rings. The van der Waals surface area contributed by atoms with Crippen molar-refractivity contribution in [1.82, 2.24) is 5.32 Å². The number of carbonyl (C=O) groups excluding carboxylic acids is 1. The Bertz CT molecular complexity index is 214. The molecule has 0 heterocycles. The zero-order chi connectivity index (χ0) is 11.8. The third-order valence-electron chi connectivity index (χ3n) is 2.10. The number of carboxylic acid groups (broad SMARTS) is 1. The van der Waals surface area contributed by atoms with Gasteiger partial charge in [0.1, 0.15) is 6.04 Å². The predicted molar refractivity (Wildman–Crippen MR) is 58.5 cm³/mol. The lowest BCUT2D eigenvalue weighted by atomic mass is 10.0. The van der Waals surface area contributed by atoms with Gasteiger partial charge in [0.15, 0.2) is 0 Å². The van der Waals surface area contributed by atoms with Gasteiger partial charge in [0, 0.05) is 6.42 Å². The van der Waals surface area contributed by atoms with Gasteiger partial charge in [-0.25, -0.2) is 4.79 Å². The van der Waals surface area contributed by atoms with Gasteiger partial charge in [-0.3, -0.25) is 4.79 Å². The Morgan fingerprint density at radius 3 is 2.33 bits per heavy atom. The Hall–Kier alpha value is -1.06. The van der Waals surface area contributed by atoms with E-state index in [1.54, 1.807) is 0 Å². The molecule has 0 aromatic heterocycles. The van der Waals surface area contributed by atoms with E-state index in [4.69, 9.17) is 5.11 Å². The van der Waals surface area contributed by atoms with E-state index in [0.717, 1.165) is 12.8 Å². The second-order valence-corrected chi connectivity index (χ2v) is 4.19. The summed E-state index contributed by atoms with van der Waals surface area (Å²) in [6.07, 6.45) is 2.64. The Labute approximate surface area is 91.1 Å². The monoisotopic (exact) mass is 215 g/mol. The highest BCUT2D eigenvalue weighted by molar-refractivity contribution is 5.83. The number of hydrogen-bond acceptors (Lipinski definition) is 2. The van der Waals surface area contributed by atoms with Crippen LogP contribution in [-0.4, -0.2) is 23.0 Å². The zero-order valence-corrected chi connectivity index (χ0v) is 9.75. The van der Waals surface area contributed by atoms with Crippen molar-refractivity contribution in [3.63, 3.8) is 0 Å². The van der Waals surface area contributed by atoms with E-state index in [0.29, 0.717) is 12.8 Å². The van der Waals surface area contributed by atoms with E-state index < -0.39 is 12.0 Å². The van der Waals surface area contributed by atoms with E-state index in [9.17, 15) is 9.59 Å². The molecular weight excluding hydrogens is 194 g/mol. The fraction of sp³-hybridized carbons (Fsp3) is 0.818. The topological polar surface area (TPSA) is 66.4 Å². The fourth-order valence-corrected chi connectivity index (χ4v) is 1.30. The first-order chi connectivity index (χ1) is 6.97. The summed E-state index contributed by atoms with van der Waals surface area (Å²) >= 11 is 0. The van der Waals surface area contributed by atoms with Crippen LogP contribution in [-0.2, 0) is 9.59 Å². The normalized spacial score (nSPS) is 12.5. The minimum atomic E-state index is -0.950. The minimum absolute atomic E-state index is 0.162. The van der Waals surface area contributed by atoms with Crippen LogP contribution in [0, 0.1) is 5.92 Å². The molecular formula is C11H21NO3. The summed E-state index contributed by atoms with van der Waals surface area (Å²) < 4.78 is 0. The van der Waals surface area contributed by atoms with Crippen molar-refractivity contribution in [1.29, 1.82) is 0 Å². The number of amides is 1. The van der Waals surface area contributed by atoms with Crippen molar-refractivity contribution in [2.24, 2.45) is 5.92 Å². The van der Waals surface area contributed by atoms with E-state index in [-0.39, 0.29) is 11.8 Å². The highest BCUT2D eigenvalue weighted by atomic mass is 16.4. The maximum atomic E-state index is 11.3. The molecule has 0 unspecified atom stereocenters. The first kappa shape index (κ1) is 13.9. The standard InChI is InChI=1S/C11H21NO3/c1-4-5-6-10(13)12-9(11(14)15)7-8(2)3/h8-9H,4-7H2,1-3H3,(H,12,13)(H,14,15)/t9-/m0/s1. The van der Waals surface area contributed by atoms with Crippen LogP contribution in [0.5, 0.6) is 0 Å². The molecule has 15 heavy (non-hydrogen) atoms. The van der Waals surface area contributed by atoms with Gasteiger partial charge in [-0.1, -0.05) is 27.2 Å². The lowest BCUT2D eigenvalue weighted by molar-refractivity contribution is -0.142. The van der Waals surface area contributed by atoms with Crippen LogP contribution in [0.1, 0.15) is 46.5 Å². The smallest absolute Gasteiger partial charge is 0.326 e. The summed E-state index contributed by atoms with van der Waals surface area (Å²) in [6.45, 7) is 5.87. The summed E-state index contributed by atoms with van der Waals surface area (Å²) in [5.41, 5.74) is 0. The molecule has 4 heteroatoms. The molecule has 0 aromatic rings. The van der Waals surface area contributed by atoms with Gasteiger partial charge < -0.3 is 10.4 Å². The molecule has 0 saturated heterocycles. The molecule has 2 N–H and O–H groups in total. The SMILES string of the molecule is CCCCC(=O)N[C@@H](CC(C)C)C(=O)O. The van der Waals surface area contributed by atoms with Crippen molar-refractivity contribution >= 4 is 11.9 Å². The largest absolute Gasteiger partial charge is 0.480 e. The molecule has 4 nitrogen and oxygen atoms in total. The van der Waals surface area contributed by atoms with Crippen molar-refractivity contribution in [2.45, 2.75) is 52.5 Å². The molecule has 0 rings (SSSR count). The number of carboxylic acids is 1. The molecule has 0 spiro atoms. The van der Waals surface area contributed by atoms with Crippen LogP contribution >= 0.6 is 0 Å². The second-order valence-electron chi connectivity index (χ2n) is 4.19. The average Bonchev–Trinajstić information content (AvgIpc) is 2.12. The van der Waals surface area contributed by atoms with Gasteiger partial charge in [0.05, 0.1) is 0 Å². The maximum absolute atomic E-state index is 11.3. The lowest BCUT2D eigenvalue weighted by Crippen LogP contribution is -2.41. The number of carbonyl (C=O) groups is 2. The highest BCUT2D eigenvalue weighted by Gasteiger charge is 2.20. The fourth-order valence-electron chi connectivity index (χ4n) is 1.30. The van der Waals surface area contributed by atoms with Gasteiger partial charge in [-0.15, -0.1) is 0 Å². The van der Waals surface area contributed by atoms with Gasteiger partial charge in [0.25, 0.3) is 0 Å². The van der Waals surface area contributed by atoms with Crippen LogP contribution in [0.4, 0.5) is 0 Å². The maximum Gasteiger partial charge on any atom is 0.326 e. The minimum Gasteiger partial charge on any atom is -0.480 e. The van der Waals surface area contributed by atoms with Gasteiger partial charge in [-0.2, -0.15) is 0 Å². The Balaban J connectivity index is 4.05. The predicted octanol–water partition coefficient (Wildman–Crippen LogP) is 1.79. The van der Waals surface area contributed by atoms with Crippen molar-refractivity contribution in [3.8, 4) is 0 Å². The molecule has 0 aliphatic heterocycles. The summed E-state index contributed by atoms with van der Waals surface area (Å²) in [5.74, 6) is -0.851. The summed E-state index contributed by atoms with van der Waals surface area (Å²) in [6, 6.07) is -0.741. The first-order valence-corrected chi connectivity index (χ1v) is 5.49. The van der Waals surface area contributed by atoms with Crippen molar-refractivity contribution in [2.75, 3.05) is 0 Å².